The topological polar surface area (TPSA) is 26.0 Å². The van der Waals surface area contributed by atoms with Gasteiger partial charge in [0.1, 0.15) is 6.67 Å². The summed E-state index contributed by atoms with van der Waals surface area (Å²) in [7, 11) is 0. The molecule has 2 atom stereocenters. The van der Waals surface area contributed by atoms with E-state index in [-0.39, 0.29) is 12.0 Å². The lowest BCUT2D eigenvalue weighted by Crippen LogP contribution is -2.30. The third-order valence-corrected chi connectivity index (χ3v) is 3.08. The number of hydrogen-bond donors (Lipinski definition) is 1. The summed E-state index contributed by atoms with van der Waals surface area (Å²) in [6.45, 7) is 3.77. The molecule has 2 N–H and O–H groups in total. The van der Waals surface area contributed by atoms with Gasteiger partial charge in [0.25, 0.3) is 0 Å². The molecule has 2 unspecified atom stereocenters. The van der Waals surface area contributed by atoms with Crippen molar-refractivity contribution >= 4 is 0 Å². The molecule has 1 nitrogen and oxygen atoms in total. The van der Waals surface area contributed by atoms with Crippen LogP contribution in [0.15, 0.2) is 24.3 Å². The second kappa shape index (κ2) is 6.64. The number of hydrogen-bond acceptors (Lipinski definition) is 1. The van der Waals surface area contributed by atoms with Crippen LogP contribution in [0.3, 0.4) is 0 Å². The molecule has 2 heteroatoms. The van der Waals surface area contributed by atoms with Gasteiger partial charge in [0, 0.05) is 12.0 Å². The summed E-state index contributed by atoms with van der Waals surface area (Å²) in [5.74, 6) is 0.140. The van der Waals surface area contributed by atoms with Crippen LogP contribution in [0.5, 0.6) is 0 Å². The first-order valence-corrected chi connectivity index (χ1v) is 6.13. The lowest BCUT2D eigenvalue weighted by molar-refractivity contribution is 0.380. The number of aryl methyl sites for hydroxylation is 1. The average molecular weight is 223 g/mol. The fourth-order valence-electron chi connectivity index (χ4n) is 2.11. The van der Waals surface area contributed by atoms with E-state index in [0.29, 0.717) is 0 Å². The van der Waals surface area contributed by atoms with E-state index in [9.17, 15) is 4.39 Å². The second-order valence-electron chi connectivity index (χ2n) is 4.32. The van der Waals surface area contributed by atoms with Crippen LogP contribution in [0.1, 0.15) is 43.7 Å². The van der Waals surface area contributed by atoms with Crippen molar-refractivity contribution < 1.29 is 4.39 Å². The summed E-state index contributed by atoms with van der Waals surface area (Å²) in [4.78, 5) is 0. The molecule has 0 radical (unpaired) electrons. The van der Waals surface area contributed by atoms with Crippen molar-refractivity contribution in [3.05, 3.63) is 35.4 Å². The highest BCUT2D eigenvalue weighted by molar-refractivity contribution is 5.26. The zero-order valence-electron chi connectivity index (χ0n) is 10.2. The summed E-state index contributed by atoms with van der Waals surface area (Å²) in [5.41, 5.74) is 8.28. The van der Waals surface area contributed by atoms with Crippen LogP contribution >= 0.6 is 0 Å². The molecule has 1 aromatic carbocycles. The standard InChI is InChI=1S/C14H22FN/c1-3-5-11-6-8-12(9-7-11)13(4-2)14(16)10-15/h6-9,13-14H,3-5,10,16H2,1-2H3. The van der Waals surface area contributed by atoms with E-state index < -0.39 is 6.67 Å². The SMILES string of the molecule is CCCc1ccc(C(CC)C(N)CF)cc1. The number of halogens is 1. The first-order chi connectivity index (χ1) is 7.72. The smallest absolute Gasteiger partial charge is 0.105 e. The minimum Gasteiger partial charge on any atom is -0.325 e. The lowest BCUT2D eigenvalue weighted by Gasteiger charge is -2.20. The summed E-state index contributed by atoms with van der Waals surface area (Å²) in [6.07, 6.45) is 3.14. The van der Waals surface area contributed by atoms with E-state index in [1.54, 1.807) is 0 Å². The minimum atomic E-state index is -0.449. The molecule has 0 saturated carbocycles. The number of alkyl halides is 1. The quantitative estimate of drug-likeness (QED) is 0.785. The van der Waals surface area contributed by atoms with Crippen LogP contribution < -0.4 is 5.73 Å². The van der Waals surface area contributed by atoms with Gasteiger partial charge in [-0.25, -0.2) is 4.39 Å². The monoisotopic (exact) mass is 223 g/mol. The van der Waals surface area contributed by atoms with Crippen LogP contribution in [-0.2, 0) is 6.42 Å². The van der Waals surface area contributed by atoms with Gasteiger partial charge in [0.05, 0.1) is 0 Å². The fourth-order valence-corrected chi connectivity index (χ4v) is 2.11. The van der Waals surface area contributed by atoms with Crippen molar-refractivity contribution in [2.24, 2.45) is 5.73 Å². The molecule has 1 rings (SSSR count). The molecule has 90 valence electrons. The van der Waals surface area contributed by atoms with Crippen molar-refractivity contribution in [3.8, 4) is 0 Å². The molecule has 16 heavy (non-hydrogen) atoms. The lowest BCUT2D eigenvalue weighted by atomic mass is 9.89. The molecule has 0 saturated heterocycles. The number of rotatable bonds is 6. The van der Waals surface area contributed by atoms with Crippen LogP contribution in [0, 0.1) is 0 Å². The summed E-state index contributed by atoms with van der Waals surface area (Å²) in [6, 6.07) is 8.07. The molecular formula is C14H22FN. The van der Waals surface area contributed by atoms with Gasteiger partial charge in [0.2, 0.25) is 0 Å². The molecule has 0 aromatic heterocycles. The fraction of sp³-hybridized carbons (Fsp3) is 0.571. The first-order valence-electron chi connectivity index (χ1n) is 6.13. The Balaban J connectivity index is 2.78. The highest BCUT2D eigenvalue weighted by Crippen LogP contribution is 2.23. The Hall–Kier alpha value is -0.890. The zero-order valence-corrected chi connectivity index (χ0v) is 10.2. The van der Waals surface area contributed by atoms with Crippen molar-refractivity contribution in [1.29, 1.82) is 0 Å². The summed E-state index contributed by atoms with van der Waals surface area (Å²) in [5, 5.41) is 0. The predicted molar refractivity (Wildman–Crippen MR) is 67.4 cm³/mol. The van der Waals surface area contributed by atoms with Crippen molar-refractivity contribution in [1.82, 2.24) is 0 Å². The van der Waals surface area contributed by atoms with Crippen LogP contribution in [0.25, 0.3) is 0 Å². The van der Waals surface area contributed by atoms with Gasteiger partial charge in [0.15, 0.2) is 0 Å². The molecule has 1 aromatic rings. The zero-order chi connectivity index (χ0) is 12.0. The van der Waals surface area contributed by atoms with Crippen molar-refractivity contribution in [3.63, 3.8) is 0 Å². The maximum absolute atomic E-state index is 12.6. The molecule has 0 bridgehead atoms. The molecule has 0 fully saturated rings. The van der Waals surface area contributed by atoms with Crippen molar-refractivity contribution in [2.45, 2.75) is 45.1 Å². The molecule has 0 amide bonds. The number of benzene rings is 1. The number of nitrogens with two attached hydrogens (primary N) is 1. The predicted octanol–water partition coefficient (Wildman–Crippen LogP) is 3.43. The minimum absolute atomic E-state index is 0.140. The Kier molecular flexibility index (Phi) is 5.47. The Labute approximate surface area is 97.9 Å². The van der Waals surface area contributed by atoms with E-state index in [1.807, 2.05) is 0 Å². The van der Waals surface area contributed by atoms with Crippen LogP contribution in [0.4, 0.5) is 4.39 Å². The van der Waals surface area contributed by atoms with E-state index in [4.69, 9.17) is 5.73 Å². The first kappa shape index (κ1) is 13.2. The van der Waals surface area contributed by atoms with Crippen LogP contribution in [-0.4, -0.2) is 12.7 Å². The summed E-state index contributed by atoms with van der Waals surface area (Å²) < 4.78 is 12.6. The molecule has 0 spiro atoms. The highest BCUT2D eigenvalue weighted by atomic mass is 19.1. The van der Waals surface area contributed by atoms with Gasteiger partial charge in [-0.15, -0.1) is 0 Å². The van der Waals surface area contributed by atoms with Gasteiger partial charge < -0.3 is 5.73 Å². The Morgan fingerprint density at radius 3 is 2.25 bits per heavy atom. The van der Waals surface area contributed by atoms with Gasteiger partial charge in [-0.05, 0) is 24.0 Å². The molecule has 0 aliphatic heterocycles. The normalized spacial score (nSPS) is 14.8. The maximum Gasteiger partial charge on any atom is 0.105 e. The Morgan fingerprint density at radius 1 is 1.19 bits per heavy atom. The molecule has 0 aliphatic rings. The third kappa shape index (κ3) is 3.31. The largest absolute Gasteiger partial charge is 0.325 e. The van der Waals surface area contributed by atoms with Gasteiger partial charge in [-0.1, -0.05) is 44.5 Å². The summed E-state index contributed by atoms with van der Waals surface area (Å²) >= 11 is 0. The Morgan fingerprint density at radius 2 is 1.81 bits per heavy atom. The van der Waals surface area contributed by atoms with Gasteiger partial charge in [-0.3, -0.25) is 0 Å². The average Bonchev–Trinajstić information content (AvgIpc) is 2.32. The highest BCUT2D eigenvalue weighted by Gasteiger charge is 2.17. The maximum atomic E-state index is 12.6. The van der Waals surface area contributed by atoms with Gasteiger partial charge >= 0.3 is 0 Å². The van der Waals surface area contributed by atoms with E-state index in [1.165, 1.54) is 5.56 Å². The van der Waals surface area contributed by atoms with Crippen molar-refractivity contribution in [2.75, 3.05) is 6.67 Å². The van der Waals surface area contributed by atoms with E-state index >= 15 is 0 Å². The van der Waals surface area contributed by atoms with E-state index in [0.717, 1.165) is 24.8 Å². The van der Waals surface area contributed by atoms with Gasteiger partial charge in [-0.2, -0.15) is 0 Å². The molecule has 0 aliphatic carbocycles. The Bertz CT molecular complexity index is 294. The van der Waals surface area contributed by atoms with E-state index in [2.05, 4.69) is 38.1 Å². The molecular weight excluding hydrogens is 201 g/mol. The molecule has 0 heterocycles. The second-order valence-corrected chi connectivity index (χ2v) is 4.32. The van der Waals surface area contributed by atoms with Crippen LogP contribution in [0.2, 0.25) is 0 Å². The third-order valence-electron chi connectivity index (χ3n) is 3.08.